The van der Waals surface area contributed by atoms with Gasteiger partial charge in [0.05, 0.1) is 19.3 Å². The number of hydrogen-bond acceptors (Lipinski definition) is 11. The van der Waals surface area contributed by atoms with E-state index in [0.29, 0.717) is 0 Å². The molecule has 0 aromatic rings. The first-order valence-corrected chi connectivity index (χ1v) is 8.29. The summed E-state index contributed by atoms with van der Waals surface area (Å²) in [4.78, 5) is 11.2. The number of ether oxygens (including phenoxy) is 3. The highest BCUT2D eigenvalue weighted by atomic mass is 16.7. The van der Waals surface area contributed by atoms with Crippen molar-refractivity contribution in [2.75, 3.05) is 13.2 Å². The van der Waals surface area contributed by atoms with Crippen LogP contribution in [0.25, 0.3) is 0 Å². The van der Waals surface area contributed by atoms with E-state index >= 15 is 0 Å². The van der Waals surface area contributed by atoms with Crippen molar-refractivity contribution in [3.63, 3.8) is 0 Å². The highest BCUT2D eigenvalue weighted by Crippen LogP contribution is 2.30. The zero-order valence-electron chi connectivity index (χ0n) is 14.2. The van der Waals surface area contributed by atoms with E-state index in [9.17, 15) is 40.5 Å². The lowest BCUT2D eigenvalue weighted by atomic mass is 9.92. The van der Waals surface area contributed by atoms with Crippen LogP contribution in [0.15, 0.2) is 0 Å². The molecule has 0 saturated carbocycles. The van der Waals surface area contributed by atoms with Gasteiger partial charge >= 0.3 is 0 Å². The average Bonchev–Trinajstić information content (AvgIpc) is 2.60. The molecule has 0 aromatic heterocycles. The van der Waals surface area contributed by atoms with Crippen molar-refractivity contribution < 1.29 is 54.8 Å². The molecular formula is C15H26O11. The lowest BCUT2D eigenvalue weighted by Gasteiger charge is -2.46. The zero-order valence-corrected chi connectivity index (χ0v) is 14.2. The maximum absolute atomic E-state index is 11.2. The van der Waals surface area contributed by atoms with Crippen LogP contribution in [0, 0.1) is 0 Å². The second-order valence-electron chi connectivity index (χ2n) is 6.58. The van der Waals surface area contributed by atoms with Crippen LogP contribution in [0.1, 0.15) is 13.3 Å². The van der Waals surface area contributed by atoms with Crippen LogP contribution in [-0.4, -0.2) is 116 Å². The van der Waals surface area contributed by atoms with Crippen LogP contribution in [-0.2, 0) is 19.0 Å². The standard InChI is InChI=1S/C15H26O11/c1-5(18)2-6-9(19)12(22)14(8(4-17)24-6)26-15-13(23)11(21)10(20)7(3-16)25-15/h6-17,19-23H,2-4H2,1H3/t6-,7?,8+,9-,10+,11-,12+,13+,14+,15?/m0/s1. The summed E-state index contributed by atoms with van der Waals surface area (Å²) in [6.45, 7) is -0.00546. The monoisotopic (exact) mass is 382 g/mol. The van der Waals surface area contributed by atoms with Gasteiger partial charge in [-0.1, -0.05) is 0 Å². The molecule has 2 unspecified atom stereocenters. The van der Waals surface area contributed by atoms with Crippen molar-refractivity contribution in [1.82, 2.24) is 0 Å². The second-order valence-corrected chi connectivity index (χ2v) is 6.58. The van der Waals surface area contributed by atoms with Crippen molar-refractivity contribution >= 4 is 5.78 Å². The molecule has 2 aliphatic rings. The molecule has 2 heterocycles. The maximum Gasteiger partial charge on any atom is 0.187 e. The van der Waals surface area contributed by atoms with E-state index in [0.717, 1.165) is 0 Å². The first-order valence-electron chi connectivity index (χ1n) is 8.29. The number of ketones is 1. The van der Waals surface area contributed by atoms with Gasteiger partial charge in [-0.15, -0.1) is 0 Å². The van der Waals surface area contributed by atoms with Gasteiger partial charge < -0.3 is 50.0 Å². The molecule has 11 nitrogen and oxygen atoms in total. The smallest absolute Gasteiger partial charge is 0.187 e. The minimum absolute atomic E-state index is 0.179. The molecular weight excluding hydrogens is 356 g/mol. The van der Waals surface area contributed by atoms with Crippen molar-refractivity contribution in [1.29, 1.82) is 0 Å². The Morgan fingerprint density at radius 3 is 1.92 bits per heavy atom. The molecule has 26 heavy (non-hydrogen) atoms. The molecule has 152 valence electrons. The molecule has 0 spiro atoms. The molecule has 0 amide bonds. The SMILES string of the molecule is CC(=O)C[C@@H]1O[C@H](CO)[C@@H](OC2OC(CO)[C@@H](O)[C@H](O)[C@H]2O)[C@H](O)[C@H]1O. The van der Waals surface area contributed by atoms with Gasteiger partial charge in [-0.2, -0.15) is 0 Å². The Kier molecular flexibility index (Phi) is 7.44. The summed E-state index contributed by atoms with van der Waals surface area (Å²) >= 11 is 0. The molecule has 2 aliphatic heterocycles. The molecule has 2 rings (SSSR count). The topological polar surface area (TPSA) is 186 Å². The van der Waals surface area contributed by atoms with Crippen LogP contribution >= 0.6 is 0 Å². The van der Waals surface area contributed by atoms with Gasteiger partial charge in [0.1, 0.15) is 54.6 Å². The van der Waals surface area contributed by atoms with Gasteiger partial charge in [0.2, 0.25) is 0 Å². The molecule has 0 radical (unpaired) electrons. The molecule has 2 fully saturated rings. The fourth-order valence-corrected chi connectivity index (χ4v) is 3.12. The number of carbonyl (C=O) groups is 1. The van der Waals surface area contributed by atoms with Gasteiger partial charge in [-0.05, 0) is 6.92 Å². The summed E-state index contributed by atoms with van der Waals surface area (Å²) in [5.41, 5.74) is 0. The normalized spacial score (nSPS) is 46.9. The number of carbonyl (C=O) groups excluding carboxylic acids is 1. The molecule has 10 atom stereocenters. The largest absolute Gasteiger partial charge is 0.394 e. The molecule has 11 heteroatoms. The van der Waals surface area contributed by atoms with E-state index in [1.807, 2.05) is 0 Å². The summed E-state index contributed by atoms with van der Waals surface area (Å²) in [6.07, 6.45) is -14.6. The number of aliphatic hydroxyl groups is 7. The molecule has 7 N–H and O–H groups in total. The predicted octanol–water partition coefficient (Wildman–Crippen LogP) is -4.37. The van der Waals surface area contributed by atoms with Gasteiger partial charge in [-0.25, -0.2) is 0 Å². The van der Waals surface area contributed by atoms with Crippen LogP contribution in [0.5, 0.6) is 0 Å². The Bertz CT molecular complexity index is 471. The summed E-state index contributed by atoms with van der Waals surface area (Å²) in [7, 11) is 0. The van der Waals surface area contributed by atoms with E-state index < -0.39 is 74.4 Å². The first-order chi connectivity index (χ1) is 12.2. The Balaban J connectivity index is 2.12. The molecule has 2 saturated heterocycles. The number of Topliss-reactive ketones (excluding diaryl/α,β-unsaturated/α-hetero) is 1. The van der Waals surface area contributed by atoms with Crippen molar-refractivity contribution in [3.8, 4) is 0 Å². The minimum atomic E-state index is -1.72. The second kappa shape index (κ2) is 8.97. The number of rotatable bonds is 6. The van der Waals surface area contributed by atoms with E-state index in [-0.39, 0.29) is 12.2 Å². The zero-order chi connectivity index (χ0) is 19.6. The van der Waals surface area contributed by atoms with Crippen LogP contribution in [0.2, 0.25) is 0 Å². The van der Waals surface area contributed by atoms with E-state index in [2.05, 4.69) is 0 Å². The lowest BCUT2D eigenvalue weighted by Crippen LogP contribution is -2.64. The van der Waals surface area contributed by atoms with Crippen molar-refractivity contribution in [2.45, 2.75) is 74.6 Å². The minimum Gasteiger partial charge on any atom is -0.394 e. The highest BCUT2D eigenvalue weighted by molar-refractivity contribution is 5.76. The summed E-state index contributed by atoms with van der Waals surface area (Å²) in [5, 5.41) is 68.6. The quantitative estimate of drug-likeness (QED) is 0.235. The Labute approximate surface area is 149 Å². The fraction of sp³-hybridized carbons (Fsp3) is 0.933. The Hall–Kier alpha value is -0.730. The maximum atomic E-state index is 11.2. The number of aliphatic hydroxyl groups excluding tert-OH is 7. The fourth-order valence-electron chi connectivity index (χ4n) is 3.12. The molecule has 0 aromatic carbocycles. The number of hydrogen-bond donors (Lipinski definition) is 7. The third-order valence-electron chi connectivity index (χ3n) is 4.59. The van der Waals surface area contributed by atoms with Crippen molar-refractivity contribution in [3.05, 3.63) is 0 Å². The van der Waals surface area contributed by atoms with Gasteiger partial charge in [0.15, 0.2) is 6.29 Å². The van der Waals surface area contributed by atoms with Crippen LogP contribution in [0.4, 0.5) is 0 Å². The van der Waals surface area contributed by atoms with E-state index in [1.165, 1.54) is 6.92 Å². The van der Waals surface area contributed by atoms with Gasteiger partial charge in [0, 0.05) is 6.42 Å². The van der Waals surface area contributed by atoms with Crippen LogP contribution < -0.4 is 0 Å². The van der Waals surface area contributed by atoms with Crippen LogP contribution in [0.3, 0.4) is 0 Å². The summed E-state index contributed by atoms with van der Waals surface area (Å²) in [5.74, 6) is -0.286. The van der Waals surface area contributed by atoms with Gasteiger partial charge in [-0.3, -0.25) is 4.79 Å². The van der Waals surface area contributed by atoms with E-state index in [1.54, 1.807) is 0 Å². The predicted molar refractivity (Wildman–Crippen MR) is 81.7 cm³/mol. The van der Waals surface area contributed by atoms with Gasteiger partial charge in [0.25, 0.3) is 0 Å². The third-order valence-corrected chi connectivity index (χ3v) is 4.59. The lowest BCUT2D eigenvalue weighted by molar-refractivity contribution is -0.341. The summed E-state index contributed by atoms with van der Waals surface area (Å²) < 4.78 is 16.0. The highest BCUT2D eigenvalue weighted by Gasteiger charge is 2.50. The third kappa shape index (κ3) is 4.39. The van der Waals surface area contributed by atoms with Crippen molar-refractivity contribution in [2.24, 2.45) is 0 Å². The molecule has 0 aliphatic carbocycles. The Morgan fingerprint density at radius 2 is 1.38 bits per heavy atom. The Morgan fingerprint density at radius 1 is 0.808 bits per heavy atom. The first kappa shape index (κ1) is 21.6. The summed E-state index contributed by atoms with van der Waals surface area (Å²) in [6, 6.07) is 0. The van der Waals surface area contributed by atoms with E-state index in [4.69, 9.17) is 14.2 Å². The molecule has 0 bridgehead atoms. The average molecular weight is 382 g/mol.